The van der Waals surface area contributed by atoms with Gasteiger partial charge in [-0.3, -0.25) is 0 Å². The highest BCUT2D eigenvalue weighted by Gasteiger charge is 2.16. The quantitative estimate of drug-likeness (QED) is 0.753. The van der Waals surface area contributed by atoms with E-state index in [9.17, 15) is 0 Å². The smallest absolute Gasteiger partial charge is 0.133 e. The molecule has 1 aromatic heterocycles. The minimum atomic E-state index is 0.281. The molecule has 1 heterocycles. The molecule has 0 amide bonds. The number of aromatic nitrogens is 2. The van der Waals surface area contributed by atoms with Crippen LogP contribution >= 0.6 is 0 Å². The fourth-order valence-electron chi connectivity index (χ4n) is 2.06. The van der Waals surface area contributed by atoms with E-state index in [-0.39, 0.29) is 5.41 Å². The van der Waals surface area contributed by atoms with Gasteiger partial charge < -0.3 is 16.0 Å². The molecule has 0 aliphatic rings. The van der Waals surface area contributed by atoms with Crippen LogP contribution in [0, 0.1) is 5.41 Å². The summed E-state index contributed by atoms with van der Waals surface area (Å²) >= 11 is 0. The number of nitrogens with zero attached hydrogens (tertiary/aromatic N) is 3. The van der Waals surface area contributed by atoms with Crippen molar-refractivity contribution in [3.05, 3.63) is 12.4 Å². The van der Waals surface area contributed by atoms with Crippen LogP contribution in [-0.4, -0.2) is 36.6 Å². The number of hydrogen-bond donors (Lipinski definition) is 2. The van der Waals surface area contributed by atoms with E-state index >= 15 is 0 Å². The van der Waals surface area contributed by atoms with Crippen LogP contribution in [0.15, 0.2) is 12.4 Å². The number of anilines is 2. The first-order valence-electron chi connectivity index (χ1n) is 6.95. The highest BCUT2D eigenvalue weighted by atomic mass is 15.2. The van der Waals surface area contributed by atoms with Crippen LogP contribution in [0.1, 0.15) is 33.6 Å². The van der Waals surface area contributed by atoms with Crippen LogP contribution in [0.2, 0.25) is 0 Å². The van der Waals surface area contributed by atoms with Crippen molar-refractivity contribution >= 4 is 11.6 Å². The first kappa shape index (κ1) is 15.7. The van der Waals surface area contributed by atoms with Gasteiger partial charge in [-0.15, -0.1) is 0 Å². The maximum Gasteiger partial charge on any atom is 0.133 e. The summed E-state index contributed by atoms with van der Waals surface area (Å²) in [6.45, 7) is 9.08. The van der Waals surface area contributed by atoms with Gasteiger partial charge in [0.05, 0.1) is 0 Å². The van der Waals surface area contributed by atoms with E-state index in [1.807, 2.05) is 18.0 Å². The van der Waals surface area contributed by atoms with Crippen molar-refractivity contribution in [1.29, 1.82) is 0 Å². The maximum absolute atomic E-state index is 5.55. The van der Waals surface area contributed by atoms with Crippen LogP contribution < -0.4 is 16.0 Å². The van der Waals surface area contributed by atoms with Crippen molar-refractivity contribution < 1.29 is 0 Å². The summed E-state index contributed by atoms with van der Waals surface area (Å²) in [6.07, 6.45) is 3.99. The van der Waals surface area contributed by atoms with Crippen LogP contribution in [0.3, 0.4) is 0 Å². The van der Waals surface area contributed by atoms with E-state index in [0.29, 0.717) is 6.54 Å². The normalized spacial score (nSPS) is 11.4. The second-order valence-corrected chi connectivity index (χ2v) is 5.74. The lowest BCUT2D eigenvalue weighted by atomic mass is 9.88. The average molecular weight is 265 g/mol. The molecule has 19 heavy (non-hydrogen) atoms. The lowest BCUT2D eigenvalue weighted by molar-refractivity contribution is 0.354. The predicted octanol–water partition coefficient (Wildman–Crippen LogP) is 2.11. The third-order valence-corrected chi connectivity index (χ3v) is 3.18. The van der Waals surface area contributed by atoms with Crippen molar-refractivity contribution in [3.8, 4) is 0 Å². The Hall–Kier alpha value is -1.36. The Kier molecular flexibility index (Phi) is 6.02. The third-order valence-electron chi connectivity index (χ3n) is 3.18. The number of nitrogens with two attached hydrogens (primary N) is 1. The Labute approximate surface area is 116 Å². The summed E-state index contributed by atoms with van der Waals surface area (Å²) in [6, 6.07) is 1.97. The largest absolute Gasteiger partial charge is 0.369 e. The molecule has 0 bridgehead atoms. The summed E-state index contributed by atoms with van der Waals surface area (Å²) in [4.78, 5) is 10.6. The lowest BCUT2D eigenvalue weighted by Crippen LogP contribution is -2.26. The molecule has 0 unspecified atom stereocenters. The summed E-state index contributed by atoms with van der Waals surface area (Å²) in [5.41, 5.74) is 5.83. The Morgan fingerprint density at radius 2 is 2.11 bits per heavy atom. The Morgan fingerprint density at radius 3 is 2.74 bits per heavy atom. The zero-order valence-electron chi connectivity index (χ0n) is 12.6. The first-order valence-corrected chi connectivity index (χ1v) is 6.95. The maximum atomic E-state index is 5.55. The molecule has 5 nitrogen and oxygen atoms in total. The number of hydrogen-bond acceptors (Lipinski definition) is 5. The monoisotopic (exact) mass is 265 g/mol. The van der Waals surface area contributed by atoms with Gasteiger partial charge in [0.1, 0.15) is 18.0 Å². The number of likely N-dealkylation sites (N-methyl/N-ethyl adjacent to an activating group) is 1. The van der Waals surface area contributed by atoms with Crippen molar-refractivity contribution in [2.24, 2.45) is 11.1 Å². The van der Waals surface area contributed by atoms with Crippen molar-refractivity contribution in [3.63, 3.8) is 0 Å². The van der Waals surface area contributed by atoms with Gasteiger partial charge in [0, 0.05) is 32.7 Å². The first-order chi connectivity index (χ1) is 8.98. The van der Waals surface area contributed by atoms with Gasteiger partial charge in [-0.1, -0.05) is 27.2 Å². The van der Waals surface area contributed by atoms with Gasteiger partial charge in [-0.25, -0.2) is 9.97 Å². The molecular weight excluding hydrogens is 238 g/mol. The van der Waals surface area contributed by atoms with Crippen molar-refractivity contribution in [1.82, 2.24) is 9.97 Å². The standard InChI is InChI=1S/C14H27N5/c1-5-6-14(2,3)10-16-12-9-13(18-11-17-12)19(4)8-7-15/h9,11H,5-8,10,15H2,1-4H3,(H,16,17,18). The minimum absolute atomic E-state index is 0.281. The molecular formula is C14H27N5. The summed E-state index contributed by atoms with van der Waals surface area (Å²) in [5.74, 6) is 1.77. The van der Waals surface area contributed by atoms with E-state index in [2.05, 4.69) is 36.1 Å². The van der Waals surface area contributed by atoms with Crippen LogP contribution in [0.25, 0.3) is 0 Å². The predicted molar refractivity (Wildman–Crippen MR) is 81.5 cm³/mol. The molecule has 0 aliphatic heterocycles. The lowest BCUT2D eigenvalue weighted by Gasteiger charge is -2.25. The van der Waals surface area contributed by atoms with Crippen molar-refractivity contribution in [2.75, 3.05) is 36.9 Å². The van der Waals surface area contributed by atoms with Crippen LogP contribution in [0.5, 0.6) is 0 Å². The van der Waals surface area contributed by atoms with E-state index in [1.165, 1.54) is 12.8 Å². The van der Waals surface area contributed by atoms with Crippen molar-refractivity contribution in [2.45, 2.75) is 33.6 Å². The molecule has 0 spiro atoms. The molecule has 5 heteroatoms. The average Bonchev–Trinajstić information content (AvgIpc) is 2.37. The summed E-state index contributed by atoms with van der Waals surface area (Å²) in [7, 11) is 1.99. The van der Waals surface area contributed by atoms with E-state index < -0.39 is 0 Å². The van der Waals surface area contributed by atoms with Crippen LogP contribution in [0.4, 0.5) is 11.6 Å². The molecule has 0 fully saturated rings. The summed E-state index contributed by atoms with van der Waals surface area (Å²) in [5, 5.41) is 3.40. The van der Waals surface area contributed by atoms with E-state index in [4.69, 9.17) is 5.73 Å². The number of nitrogens with one attached hydrogen (secondary N) is 1. The molecule has 0 atom stereocenters. The molecule has 0 radical (unpaired) electrons. The fraction of sp³-hybridized carbons (Fsp3) is 0.714. The second kappa shape index (κ2) is 7.28. The Bertz CT molecular complexity index is 378. The summed E-state index contributed by atoms with van der Waals surface area (Å²) < 4.78 is 0. The van der Waals surface area contributed by atoms with Gasteiger partial charge in [0.25, 0.3) is 0 Å². The molecule has 1 aromatic rings. The van der Waals surface area contributed by atoms with Gasteiger partial charge in [-0.05, 0) is 11.8 Å². The molecule has 1 rings (SSSR count). The van der Waals surface area contributed by atoms with Gasteiger partial charge >= 0.3 is 0 Å². The topological polar surface area (TPSA) is 67.1 Å². The highest BCUT2D eigenvalue weighted by molar-refractivity contribution is 5.47. The van der Waals surface area contributed by atoms with Gasteiger partial charge in [-0.2, -0.15) is 0 Å². The minimum Gasteiger partial charge on any atom is -0.369 e. The molecule has 0 saturated heterocycles. The molecule has 0 aliphatic carbocycles. The molecule has 108 valence electrons. The van der Waals surface area contributed by atoms with E-state index in [1.54, 1.807) is 6.33 Å². The third kappa shape index (κ3) is 5.42. The fourth-order valence-corrected chi connectivity index (χ4v) is 2.06. The second-order valence-electron chi connectivity index (χ2n) is 5.74. The molecule has 3 N–H and O–H groups in total. The van der Waals surface area contributed by atoms with Crippen LogP contribution in [-0.2, 0) is 0 Å². The Balaban J connectivity index is 2.62. The SMILES string of the molecule is CCCC(C)(C)CNc1cc(N(C)CCN)ncn1. The van der Waals surface area contributed by atoms with E-state index in [0.717, 1.165) is 24.7 Å². The zero-order chi connectivity index (χ0) is 14.3. The molecule has 0 saturated carbocycles. The number of rotatable bonds is 8. The highest BCUT2D eigenvalue weighted by Crippen LogP contribution is 2.22. The molecule has 0 aromatic carbocycles. The van der Waals surface area contributed by atoms with Gasteiger partial charge in [0.2, 0.25) is 0 Å². The van der Waals surface area contributed by atoms with Gasteiger partial charge in [0.15, 0.2) is 0 Å². The zero-order valence-corrected chi connectivity index (χ0v) is 12.6. The Morgan fingerprint density at radius 1 is 1.37 bits per heavy atom.